The number of nitrogens with zero attached hydrogens (tertiary/aromatic N) is 2. The van der Waals surface area contributed by atoms with Gasteiger partial charge in [-0.3, -0.25) is 13.9 Å². The molecule has 10 heteroatoms. The highest BCUT2D eigenvalue weighted by molar-refractivity contribution is 7.92. The molecule has 4 aromatic rings. The highest BCUT2D eigenvalue weighted by Crippen LogP contribution is 2.36. The first-order chi connectivity index (χ1) is 23.1. The van der Waals surface area contributed by atoms with Crippen LogP contribution in [0.1, 0.15) is 42.0 Å². The topological polar surface area (TPSA) is 105 Å². The zero-order valence-electron chi connectivity index (χ0n) is 28.3. The van der Waals surface area contributed by atoms with Crippen LogP contribution in [0.2, 0.25) is 0 Å². The van der Waals surface area contributed by atoms with Gasteiger partial charge in [0.2, 0.25) is 11.8 Å². The molecule has 2 amide bonds. The maximum absolute atomic E-state index is 14.7. The Morgan fingerprint density at radius 1 is 0.812 bits per heavy atom. The number of benzene rings is 4. The smallest absolute Gasteiger partial charge is 0.264 e. The van der Waals surface area contributed by atoms with E-state index in [0.717, 1.165) is 39.4 Å². The molecule has 0 aromatic heterocycles. The van der Waals surface area contributed by atoms with E-state index in [1.807, 2.05) is 75.4 Å². The number of carbonyl (C=O) groups is 2. The minimum atomic E-state index is -4.31. The van der Waals surface area contributed by atoms with Gasteiger partial charge in [0.25, 0.3) is 10.0 Å². The monoisotopic (exact) mass is 671 g/mol. The number of carbonyl (C=O) groups excluding carboxylic acids is 2. The van der Waals surface area contributed by atoms with Crippen molar-refractivity contribution in [2.75, 3.05) is 31.6 Å². The Bertz CT molecular complexity index is 1780. The van der Waals surface area contributed by atoms with E-state index in [2.05, 4.69) is 5.32 Å². The molecule has 0 bridgehead atoms. The number of rotatable bonds is 16. The molecule has 4 rings (SSSR count). The number of sulfonamides is 1. The minimum Gasteiger partial charge on any atom is -0.497 e. The molecule has 4 aromatic carbocycles. The summed E-state index contributed by atoms with van der Waals surface area (Å²) in [4.78, 5) is 30.2. The predicted octanol–water partition coefficient (Wildman–Crippen LogP) is 6.07. The molecule has 254 valence electrons. The summed E-state index contributed by atoms with van der Waals surface area (Å²) >= 11 is 0. The molecular formula is C38H45N3O6S. The number of unbranched alkanes of at least 4 members (excludes halogenated alkanes) is 1. The second-order valence-corrected chi connectivity index (χ2v) is 13.6. The van der Waals surface area contributed by atoms with Crippen LogP contribution >= 0.6 is 0 Å². The molecule has 48 heavy (non-hydrogen) atoms. The number of methoxy groups -OCH3 is 2. The number of aryl methyl sites for hydroxylation is 2. The van der Waals surface area contributed by atoms with Gasteiger partial charge >= 0.3 is 0 Å². The first-order valence-electron chi connectivity index (χ1n) is 16.1. The lowest BCUT2D eigenvalue weighted by molar-refractivity contribution is -0.140. The van der Waals surface area contributed by atoms with Crippen molar-refractivity contribution < 1.29 is 27.5 Å². The van der Waals surface area contributed by atoms with Crippen molar-refractivity contribution in [2.24, 2.45) is 0 Å². The SMILES string of the molecule is CCCCNC(=O)[C@H](Cc1ccccc1)N(Cc1cccc(C)c1)C(=O)CN(c1cc(OC)ccc1OC)S(=O)(=O)c1ccc(C)cc1. The Labute approximate surface area is 284 Å². The van der Waals surface area contributed by atoms with Crippen LogP contribution in [0.5, 0.6) is 11.5 Å². The average Bonchev–Trinajstić information content (AvgIpc) is 3.09. The molecule has 0 aliphatic heterocycles. The molecule has 0 aliphatic carbocycles. The molecule has 0 saturated carbocycles. The van der Waals surface area contributed by atoms with Crippen LogP contribution < -0.4 is 19.1 Å². The third-order valence-electron chi connectivity index (χ3n) is 8.08. The Hall–Kier alpha value is -4.83. The molecule has 1 N–H and O–H groups in total. The normalized spacial score (nSPS) is 11.8. The number of hydrogen-bond acceptors (Lipinski definition) is 6. The third kappa shape index (κ3) is 9.16. The number of ether oxygens (including phenoxy) is 2. The second-order valence-electron chi connectivity index (χ2n) is 11.7. The molecule has 0 heterocycles. The molecule has 9 nitrogen and oxygen atoms in total. The van der Waals surface area contributed by atoms with Crippen molar-refractivity contribution in [3.63, 3.8) is 0 Å². The lowest BCUT2D eigenvalue weighted by atomic mass is 10.0. The van der Waals surface area contributed by atoms with Gasteiger partial charge in [-0.2, -0.15) is 0 Å². The Morgan fingerprint density at radius 3 is 2.17 bits per heavy atom. The van der Waals surface area contributed by atoms with Gasteiger partial charge in [-0.25, -0.2) is 8.42 Å². The van der Waals surface area contributed by atoms with Crippen LogP contribution in [0.15, 0.2) is 102 Å². The maximum atomic E-state index is 14.7. The molecule has 0 saturated heterocycles. The zero-order valence-corrected chi connectivity index (χ0v) is 29.1. The van der Waals surface area contributed by atoms with Crippen LogP contribution in [-0.4, -0.2) is 58.5 Å². The lowest BCUT2D eigenvalue weighted by Gasteiger charge is -2.34. The van der Waals surface area contributed by atoms with Crippen molar-refractivity contribution in [2.45, 2.75) is 57.5 Å². The van der Waals surface area contributed by atoms with Crippen LogP contribution in [0.25, 0.3) is 0 Å². The number of hydrogen-bond donors (Lipinski definition) is 1. The Morgan fingerprint density at radius 2 is 1.52 bits per heavy atom. The van der Waals surface area contributed by atoms with Gasteiger partial charge in [0.1, 0.15) is 24.1 Å². The second kappa shape index (κ2) is 16.8. The summed E-state index contributed by atoms with van der Waals surface area (Å²) in [6.07, 6.45) is 1.92. The fourth-order valence-electron chi connectivity index (χ4n) is 5.41. The predicted molar refractivity (Wildman–Crippen MR) is 189 cm³/mol. The molecule has 1 atom stereocenters. The van der Waals surface area contributed by atoms with Gasteiger partial charge in [0.05, 0.1) is 24.8 Å². The fourth-order valence-corrected chi connectivity index (χ4v) is 6.83. The molecule has 0 aliphatic rings. The van der Waals surface area contributed by atoms with Gasteiger partial charge in [-0.05, 0) is 55.7 Å². The van der Waals surface area contributed by atoms with Gasteiger partial charge in [0, 0.05) is 25.6 Å². The largest absolute Gasteiger partial charge is 0.497 e. The van der Waals surface area contributed by atoms with Gasteiger partial charge in [-0.1, -0.05) is 91.2 Å². The van der Waals surface area contributed by atoms with Crippen LogP contribution in [0, 0.1) is 13.8 Å². The van der Waals surface area contributed by atoms with E-state index < -0.39 is 28.5 Å². The number of anilines is 1. The van der Waals surface area contributed by atoms with Crippen molar-refractivity contribution in [1.29, 1.82) is 0 Å². The van der Waals surface area contributed by atoms with Gasteiger partial charge in [0.15, 0.2) is 0 Å². The maximum Gasteiger partial charge on any atom is 0.264 e. The zero-order chi connectivity index (χ0) is 34.7. The van der Waals surface area contributed by atoms with E-state index in [1.165, 1.54) is 37.3 Å². The molecule has 0 spiro atoms. The van der Waals surface area contributed by atoms with Crippen molar-refractivity contribution in [1.82, 2.24) is 10.2 Å². The summed E-state index contributed by atoms with van der Waals surface area (Å²) in [5.41, 5.74) is 3.70. The summed E-state index contributed by atoms with van der Waals surface area (Å²) < 4.78 is 40.9. The Kier molecular flexibility index (Phi) is 12.6. The van der Waals surface area contributed by atoms with E-state index in [1.54, 1.807) is 24.3 Å². The van der Waals surface area contributed by atoms with E-state index in [4.69, 9.17) is 9.47 Å². The van der Waals surface area contributed by atoms with E-state index in [0.29, 0.717) is 12.3 Å². The highest BCUT2D eigenvalue weighted by Gasteiger charge is 2.35. The molecule has 0 radical (unpaired) electrons. The average molecular weight is 672 g/mol. The van der Waals surface area contributed by atoms with E-state index in [-0.39, 0.29) is 35.2 Å². The van der Waals surface area contributed by atoms with Crippen molar-refractivity contribution >= 4 is 27.5 Å². The molecule has 0 fully saturated rings. The first kappa shape index (κ1) is 36.0. The quantitative estimate of drug-likeness (QED) is 0.145. The third-order valence-corrected chi connectivity index (χ3v) is 9.85. The van der Waals surface area contributed by atoms with Crippen LogP contribution in [0.3, 0.4) is 0 Å². The highest BCUT2D eigenvalue weighted by atomic mass is 32.2. The van der Waals surface area contributed by atoms with Crippen molar-refractivity contribution in [3.05, 3.63) is 119 Å². The number of amides is 2. The lowest BCUT2D eigenvalue weighted by Crippen LogP contribution is -2.53. The summed E-state index contributed by atoms with van der Waals surface area (Å²) in [6.45, 7) is 5.81. The standard InChI is InChI=1S/C38H45N3O6S/c1-6-7-22-39-38(43)35(24-30-13-9-8-10-14-30)40(26-31-15-11-12-29(3)23-31)37(42)27-41(34-25-32(46-4)18-21-36(34)47-5)48(44,45)33-19-16-28(2)17-20-33/h8-21,23,25,35H,6-7,22,24,26-27H2,1-5H3,(H,39,43)/t35-/m0/s1. The van der Waals surface area contributed by atoms with Gasteiger partial charge in [-0.15, -0.1) is 0 Å². The fraction of sp³-hybridized carbons (Fsp3) is 0.316. The molecule has 0 unspecified atom stereocenters. The van der Waals surface area contributed by atoms with E-state index >= 15 is 0 Å². The molecular weight excluding hydrogens is 627 g/mol. The van der Waals surface area contributed by atoms with Crippen molar-refractivity contribution in [3.8, 4) is 11.5 Å². The summed E-state index contributed by atoms with van der Waals surface area (Å²) in [5.74, 6) is -0.234. The number of nitrogens with one attached hydrogen (secondary N) is 1. The Balaban J connectivity index is 1.85. The van der Waals surface area contributed by atoms with Crippen LogP contribution in [0.4, 0.5) is 5.69 Å². The summed E-state index contributed by atoms with van der Waals surface area (Å²) in [6, 6.07) is 27.5. The summed E-state index contributed by atoms with van der Waals surface area (Å²) in [7, 11) is -1.40. The minimum absolute atomic E-state index is 0.00847. The first-order valence-corrected chi connectivity index (χ1v) is 17.5. The van der Waals surface area contributed by atoms with E-state index in [9.17, 15) is 18.0 Å². The summed E-state index contributed by atoms with van der Waals surface area (Å²) in [5, 5.41) is 3.01. The van der Waals surface area contributed by atoms with Gasteiger partial charge < -0.3 is 19.7 Å². The van der Waals surface area contributed by atoms with Crippen LogP contribution in [-0.2, 0) is 32.6 Å².